The monoisotopic (exact) mass is 250 g/mol. The Balaban J connectivity index is 0.00000128. The van der Waals surface area contributed by atoms with Crippen molar-refractivity contribution in [2.24, 2.45) is 16.7 Å². The van der Waals surface area contributed by atoms with Gasteiger partial charge >= 0.3 is 0 Å². The topological polar surface area (TPSA) is 103 Å². The molecular formula is C10H18O5S. The first-order chi connectivity index (χ1) is 6.62. The lowest BCUT2D eigenvalue weighted by Gasteiger charge is -2.32. The van der Waals surface area contributed by atoms with Crippen LogP contribution >= 0.6 is 0 Å². The van der Waals surface area contributed by atoms with Crippen LogP contribution in [0.15, 0.2) is 0 Å². The summed E-state index contributed by atoms with van der Waals surface area (Å²) in [6.45, 7) is 5.67. The number of hydrogen-bond acceptors (Lipinski definition) is 3. The fourth-order valence-corrected chi connectivity index (χ4v) is 4.77. The lowest BCUT2D eigenvalue weighted by molar-refractivity contribution is -0.128. The van der Waals surface area contributed by atoms with Crippen molar-refractivity contribution in [1.82, 2.24) is 0 Å². The van der Waals surface area contributed by atoms with E-state index in [0.717, 1.165) is 6.42 Å². The molecule has 0 heterocycles. The summed E-state index contributed by atoms with van der Waals surface area (Å²) >= 11 is 0. The average molecular weight is 250 g/mol. The molecule has 0 aromatic carbocycles. The van der Waals surface area contributed by atoms with Crippen LogP contribution in [-0.4, -0.2) is 29.5 Å². The molecule has 2 aliphatic rings. The molecule has 94 valence electrons. The lowest BCUT2D eigenvalue weighted by atomic mass is 9.70. The molecule has 3 N–H and O–H groups in total. The molecule has 2 fully saturated rings. The van der Waals surface area contributed by atoms with Crippen LogP contribution in [0.1, 0.15) is 33.6 Å². The molecule has 2 unspecified atom stereocenters. The molecule has 2 saturated carbocycles. The second-order valence-electron chi connectivity index (χ2n) is 5.50. The highest BCUT2D eigenvalue weighted by Gasteiger charge is 2.69. The smallest absolute Gasteiger partial charge is 0.275 e. The summed E-state index contributed by atoms with van der Waals surface area (Å²) in [6, 6.07) is 0. The zero-order chi connectivity index (χ0) is 11.6. The van der Waals surface area contributed by atoms with Crippen LogP contribution in [0.3, 0.4) is 0 Å². The number of carbonyl (C=O) groups excluding carboxylic acids is 1. The molecule has 0 amide bonds. The molecule has 0 aliphatic heterocycles. The summed E-state index contributed by atoms with van der Waals surface area (Å²) in [5.74, 6) is -0.531. The Kier molecular flexibility index (Phi) is 2.78. The van der Waals surface area contributed by atoms with Gasteiger partial charge in [0.2, 0.25) is 0 Å². The van der Waals surface area contributed by atoms with Crippen LogP contribution in [-0.2, 0) is 14.9 Å². The molecule has 2 aliphatic carbocycles. The largest absolute Gasteiger partial charge is 0.412 e. The minimum Gasteiger partial charge on any atom is -0.412 e. The van der Waals surface area contributed by atoms with Crippen molar-refractivity contribution < 1.29 is 23.2 Å². The van der Waals surface area contributed by atoms with Gasteiger partial charge < -0.3 is 5.48 Å². The van der Waals surface area contributed by atoms with Gasteiger partial charge in [-0.05, 0) is 24.2 Å². The predicted octanol–water partition coefficient (Wildman–Crippen LogP) is 0.443. The third-order valence-electron chi connectivity index (χ3n) is 4.79. The molecule has 2 rings (SSSR count). The number of rotatable bonds is 1. The second kappa shape index (κ2) is 3.27. The van der Waals surface area contributed by atoms with Crippen molar-refractivity contribution in [3.8, 4) is 0 Å². The van der Waals surface area contributed by atoms with E-state index in [1.807, 2.05) is 20.8 Å². The maximum Gasteiger partial charge on any atom is 0.275 e. The highest BCUT2D eigenvalue weighted by Crippen LogP contribution is 2.64. The van der Waals surface area contributed by atoms with Crippen LogP contribution in [0.5, 0.6) is 0 Å². The number of Topliss-reactive ketones (excluding diaryl/α,β-unsaturated/α-hetero) is 1. The van der Waals surface area contributed by atoms with E-state index in [1.54, 1.807) is 0 Å². The van der Waals surface area contributed by atoms with Gasteiger partial charge in [0.05, 0.1) is 0 Å². The first-order valence-electron chi connectivity index (χ1n) is 5.13. The van der Waals surface area contributed by atoms with Crippen molar-refractivity contribution in [1.29, 1.82) is 0 Å². The molecular weight excluding hydrogens is 232 g/mol. The standard InChI is InChI=1S/C10H16O4S.H2O/c1-9(2)6-4-5-10(9,3)8(11)7(6)15(12,13)14;/h6-7H,4-5H2,1-3H3,(H,12,13,14);1H2/t6?,7?,10-;/m1./s1. The Labute approximate surface area is 95.3 Å². The molecule has 3 atom stereocenters. The third-order valence-corrected chi connectivity index (χ3v) is 5.98. The van der Waals surface area contributed by atoms with E-state index in [0.29, 0.717) is 6.42 Å². The van der Waals surface area contributed by atoms with E-state index >= 15 is 0 Å². The molecule has 6 heteroatoms. The summed E-state index contributed by atoms with van der Waals surface area (Å²) in [5, 5.41) is -1.19. The first kappa shape index (κ1) is 13.6. The van der Waals surface area contributed by atoms with Crippen molar-refractivity contribution >= 4 is 15.9 Å². The Hall–Kier alpha value is -0.460. The van der Waals surface area contributed by atoms with Crippen LogP contribution in [0.4, 0.5) is 0 Å². The van der Waals surface area contributed by atoms with E-state index in [9.17, 15) is 13.2 Å². The second-order valence-corrected chi connectivity index (χ2v) is 7.04. The van der Waals surface area contributed by atoms with E-state index in [2.05, 4.69) is 0 Å². The van der Waals surface area contributed by atoms with Gasteiger partial charge in [0.25, 0.3) is 10.1 Å². The Bertz CT molecular complexity index is 424. The summed E-state index contributed by atoms with van der Waals surface area (Å²) < 4.78 is 31.5. The number of hydrogen-bond donors (Lipinski definition) is 1. The minimum absolute atomic E-state index is 0. The normalized spacial score (nSPS) is 40.9. The van der Waals surface area contributed by atoms with Crippen LogP contribution < -0.4 is 0 Å². The zero-order valence-electron chi connectivity index (χ0n) is 9.65. The van der Waals surface area contributed by atoms with Gasteiger partial charge in [-0.15, -0.1) is 0 Å². The van der Waals surface area contributed by atoms with Crippen molar-refractivity contribution in [3.05, 3.63) is 0 Å². The summed E-state index contributed by atoms with van der Waals surface area (Å²) in [4.78, 5) is 12.0. The summed E-state index contributed by atoms with van der Waals surface area (Å²) in [6.07, 6.45) is 1.44. The molecule has 0 aromatic heterocycles. The van der Waals surface area contributed by atoms with Crippen molar-refractivity contribution in [2.45, 2.75) is 38.9 Å². The quantitative estimate of drug-likeness (QED) is 0.682. The maximum absolute atomic E-state index is 12.0. The van der Waals surface area contributed by atoms with Crippen molar-refractivity contribution in [3.63, 3.8) is 0 Å². The number of fused-ring (bicyclic) bond motifs is 2. The molecule has 2 bridgehead atoms. The van der Waals surface area contributed by atoms with E-state index in [4.69, 9.17) is 4.55 Å². The Morgan fingerprint density at radius 2 is 1.81 bits per heavy atom. The summed E-state index contributed by atoms with van der Waals surface area (Å²) in [5.41, 5.74) is -0.914. The van der Waals surface area contributed by atoms with Gasteiger partial charge in [0.15, 0.2) is 5.78 Å². The fraction of sp³-hybridized carbons (Fsp3) is 0.900. The SMILES string of the molecule is CC1(C)C2CC[C@]1(C)C(=O)C2S(=O)(=O)O.O. The van der Waals surface area contributed by atoms with Gasteiger partial charge in [-0.25, -0.2) is 0 Å². The first-order valence-corrected chi connectivity index (χ1v) is 6.63. The van der Waals surface area contributed by atoms with E-state index < -0.39 is 20.8 Å². The highest BCUT2D eigenvalue weighted by atomic mass is 32.2. The van der Waals surface area contributed by atoms with Crippen molar-refractivity contribution in [2.75, 3.05) is 0 Å². The fourth-order valence-electron chi connectivity index (χ4n) is 3.35. The molecule has 0 aromatic rings. The van der Waals surface area contributed by atoms with Crippen LogP contribution in [0.2, 0.25) is 0 Å². The predicted molar refractivity (Wildman–Crippen MR) is 58.6 cm³/mol. The highest BCUT2D eigenvalue weighted by molar-refractivity contribution is 7.87. The number of ketones is 1. The molecule has 0 radical (unpaired) electrons. The van der Waals surface area contributed by atoms with E-state index in [-0.39, 0.29) is 22.6 Å². The van der Waals surface area contributed by atoms with Crippen LogP contribution in [0, 0.1) is 16.7 Å². The van der Waals surface area contributed by atoms with Gasteiger partial charge in [0, 0.05) is 5.41 Å². The van der Waals surface area contributed by atoms with Gasteiger partial charge in [-0.3, -0.25) is 9.35 Å². The lowest BCUT2D eigenvalue weighted by Crippen LogP contribution is -2.38. The van der Waals surface area contributed by atoms with Gasteiger partial charge in [-0.2, -0.15) is 8.42 Å². The number of carbonyl (C=O) groups is 1. The molecule has 16 heavy (non-hydrogen) atoms. The maximum atomic E-state index is 12.0. The molecule has 0 saturated heterocycles. The van der Waals surface area contributed by atoms with Crippen LogP contribution in [0.25, 0.3) is 0 Å². The summed E-state index contributed by atoms with van der Waals surface area (Å²) in [7, 11) is -4.24. The molecule has 0 spiro atoms. The van der Waals surface area contributed by atoms with Gasteiger partial charge in [0.1, 0.15) is 5.25 Å². The Morgan fingerprint density at radius 1 is 1.31 bits per heavy atom. The Morgan fingerprint density at radius 3 is 2.06 bits per heavy atom. The average Bonchev–Trinajstić information content (AvgIpc) is 2.33. The van der Waals surface area contributed by atoms with E-state index in [1.165, 1.54) is 0 Å². The zero-order valence-corrected chi connectivity index (χ0v) is 10.5. The third kappa shape index (κ3) is 1.30. The molecule has 5 nitrogen and oxygen atoms in total. The minimum atomic E-state index is -4.24. The van der Waals surface area contributed by atoms with Gasteiger partial charge in [-0.1, -0.05) is 20.8 Å².